The topological polar surface area (TPSA) is 47.9 Å². The van der Waals surface area contributed by atoms with Gasteiger partial charge < -0.3 is 9.47 Å². The second kappa shape index (κ2) is 6.84. The first-order chi connectivity index (χ1) is 12.3. The van der Waals surface area contributed by atoms with Crippen molar-refractivity contribution in [1.82, 2.24) is 0 Å². The van der Waals surface area contributed by atoms with Gasteiger partial charge in [-0.25, -0.2) is 9.79 Å². The molecule has 2 aromatic carbocycles. The molecule has 1 aliphatic heterocycles. The number of esters is 1. The summed E-state index contributed by atoms with van der Waals surface area (Å²) in [7, 11) is 1.45. The van der Waals surface area contributed by atoms with Crippen LogP contribution in [0, 0.1) is 0 Å². The van der Waals surface area contributed by atoms with Crippen LogP contribution in [0.4, 0.5) is 13.2 Å². The van der Waals surface area contributed by atoms with Crippen LogP contribution >= 0.6 is 11.6 Å². The summed E-state index contributed by atoms with van der Waals surface area (Å²) in [5.74, 6) is -0.300. The molecule has 0 aliphatic carbocycles. The maximum atomic E-state index is 12.6. The van der Waals surface area contributed by atoms with Gasteiger partial charge in [0.25, 0.3) is 0 Å². The zero-order valence-electron chi connectivity index (χ0n) is 13.3. The molecule has 0 spiro atoms. The highest BCUT2D eigenvalue weighted by Crippen LogP contribution is 2.30. The van der Waals surface area contributed by atoms with Crippen molar-refractivity contribution >= 4 is 29.5 Å². The van der Waals surface area contributed by atoms with Gasteiger partial charge in [0.2, 0.25) is 5.90 Å². The molecule has 3 rings (SSSR count). The fourth-order valence-corrected chi connectivity index (χ4v) is 2.47. The third-order valence-electron chi connectivity index (χ3n) is 3.55. The first-order valence-electron chi connectivity index (χ1n) is 7.31. The van der Waals surface area contributed by atoms with E-state index in [1.54, 1.807) is 12.1 Å². The van der Waals surface area contributed by atoms with E-state index in [0.29, 0.717) is 21.9 Å². The molecule has 8 heteroatoms. The summed E-state index contributed by atoms with van der Waals surface area (Å²) in [6, 6.07) is 9.10. The molecule has 0 saturated heterocycles. The van der Waals surface area contributed by atoms with E-state index >= 15 is 0 Å². The largest absolute Gasteiger partial charge is 0.496 e. The molecule has 0 unspecified atom stereocenters. The van der Waals surface area contributed by atoms with Gasteiger partial charge in [-0.3, -0.25) is 0 Å². The molecular formula is C18H11ClF3NO3. The van der Waals surface area contributed by atoms with E-state index in [9.17, 15) is 18.0 Å². The second-order valence-electron chi connectivity index (χ2n) is 5.30. The van der Waals surface area contributed by atoms with Crippen molar-refractivity contribution in [2.45, 2.75) is 6.18 Å². The average molecular weight is 382 g/mol. The quantitative estimate of drug-likeness (QED) is 0.571. The lowest BCUT2D eigenvalue weighted by Gasteiger charge is -2.07. The van der Waals surface area contributed by atoms with E-state index in [0.717, 1.165) is 12.1 Å². The number of benzene rings is 2. The van der Waals surface area contributed by atoms with Gasteiger partial charge in [0, 0.05) is 5.02 Å². The number of rotatable bonds is 3. The fraction of sp³-hybridized carbons (Fsp3) is 0.111. The number of ether oxygens (including phenoxy) is 2. The normalized spacial score (nSPS) is 15.8. The molecule has 1 heterocycles. The number of hydrogen-bond acceptors (Lipinski definition) is 4. The number of nitrogens with zero attached hydrogens (tertiary/aromatic N) is 1. The third-order valence-corrected chi connectivity index (χ3v) is 3.79. The van der Waals surface area contributed by atoms with Crippen LogP contribution in [0.15, 0.2) is 53.2 Å². The van der Waals surface area contributed by atoms with Crippen LogP contribution in [0.25, 0.3) is 6.08 Å². The van der Waals surface area contributed by atoms with E-state index in [-0.39, 0.29) is 11.6 Å². The minimum Gasteiger partial charge on any atom is -0.496 e. The Morgan fingerprint density at radius 2 is 1.85 bits per heavy atom. The Balaban J connectivity index is 1.93. The van der Waals surface area contributed by atoms with Crippen molar-refractivity contribution in [3.05, 3.63) is 69.9 Å². The van der Waals surface area contributed by atoms with Crippen LogP contribution in [-0.2, 0) is 15.7 Å². The minimum absolute atomic E-state index is 0.00696. The number of carbonyl (C=O) groups excluding carboxylic acids is 1. The van der Waals surface area contributed by atoms with Gasteiger partial charge in [0.05, 0.1) is 18.2 Å². The highest BCUT2D eigenvalue weighted by atomic mass is 35.5. The van der Waals surface area contributed by atoms with Gasteiger partial charge in [-0.1, -0.05) is 23.7 Å². The lowest BCUT2D eigenvalue weighted by Crippen LogP contribution is -2.07. The summed E-state index contributed by atoms with van der Waals surface area (Å²) in [6.07, 6.45) is -3.08. The molecule has 26 heavy (non-hydrogen) atoms. The van der Waals surface area contributed by atoms with Crippen LogP contribution in [0.2, 0.25) is 5.02 Å². The zero-order chi connectivity index (χ0) is 18.9. The molecule has 1 aliphatic rings. The monoisotopic (exact) mass is 381 g/mol. The van der Waals surface area contributed by atoms with E-state index in [4.69, 9.17) is 21.1 Å². The summed E-state index contributed by atoms with van der Waals surface area (Å²) in [5.41, 5.74) is -0.0412. The Kier molecular flexibility index (Phi) is 4.73. The Labute approximate surface area is 151 Å². The minimum atomic E-state index is -4.42. The molecule has 0 bridgehead atoms. The van der Waals surface area contributed by atoms with E-state index < -0.39 is 17.7 Å². The van der Waals surface area contributed by atoms with Crippen molar-refractivity contribution in [2.75, 3.05) is 7.11 Å². The summed E-state index contributed by atoms with van der Waals surface area (Å²) < 4.78 is 48.1. The number of methoxy groups -OCH3 is 1. The third kappa shape index (κ3) is 3.72. The van der Waals surface area contributed by atoms with Crippen molar-refractivity contribution < 1.29 is 27.4 Å². The highest BCUT2D eigenvalue weighted by molar-refractivity contribution is 6.31. The van der Waals surface area contributed by atoms with Gasteiger partial charge >= 0.3 is 12.1 Å². The lowest BCUT2D eigenvalue weighted by atomic mass is 10.1. The standard InChI is InChI=1S/C18H11ClF3NO3/c1-25-15-7-6-12(19)9-13(15)16-23-14(17(24)26-16)8-10-2-4-11(5-3-10)18(20,21)22/h2-9H,1H3/b14-8+. The molecule has 0 N–H and O–H groups in total. The van der Waals surface area contributed by atoms with Gasteiger partial charge in [-0.15, -0.1) is 0 Å². The van der Waals surface area contributed by atoms with Crippen molar-refractivity contribution in [3.8, 4) is 5.75 Å². The fourth-order valence-electron chi connectivity index (χ4n) is 2.30. The predicted molar refractivity (Wildman–Crippen MR) is 90.1 cm³/mol. The Bertz CT molecular complexity index is 918. The van der Waals surface area contributed by atoms with Crippen molar-refractivity contribution in [1.29, 1.82) is 0 Å². The molecule has 0 amide bonds. The molecular weight excluding hydrogens is 371 g/mol. The number of aliphatic imine (C=N–C) groups is 1. The van der Waals surface area contributed by atoms with Crippen molar-refractivity contribution in [2.24, 2.45) is 4.99 Å². The zero-order valence-corrected chi connectivity index (χ0v) is 14.1. The van der Waals surface area contributed by atoms with Gasteiger partial charge in [-0.2, -0.15) is 13.2 Å². The first-order valence-corrected chi connectivity index (χ1v) is 7.69. The number of alkyl halides is 3. The maximum absolute atomic E-state index is 12.6. The number of hydrogen-bond donors (Lipinski definition) is 0. The smallest absolute Gasteiger partial charge is 0.416 e. The number of carbonyl (C=O) groups is 1. The molecule has 0 fully saturated rings. The SMILES string of the molecule is COc1ccc(Cl)cc1C1=N/C(=C/c2ccc(C(F)(F)F)cc2)C(=O)O1. The second-order valence-corrected chi connectivity index (χ2v) is 5.74. The van der Waals surface area contributed by atoms with Crippen molar-refractivity contribution in [3.63, 3.8) is 0 Å². The van der Waals surface area contributed by atoms with E-state index in [2.05, 4.69) is 4.99 Å². The van der Waals surface area contributed by atoms with Gasteiger partial charge in [0.1, 0.15) is 5.75 Å². The van der Waals surface area contributed by atoms with Crippen LogP contribution in [-0.4, -0.2) is 19.0 Å². The molecule has 2 aromatic rings. The molecule has 0 radical (unpaired) electrons. The van der Waals surface area contributed by atoms with Crippen LogP contribution in [0.1, 0.15) is 16.7 Å². The molecule has 0 saturated carbocycles. The lowest BCUT2D eigenvalue weighted by molar-refractivity contribution is -0.137. The Morgan fingerprint density at radius 3 is 2.46 bits per heavy atom. The molecule has 4 nitrogen and oxygen atoms in total. The summed E-state index contributed by atoms with van der Waals surface area (Å²) in [5, 5.41) is 0.403. The first kappa shape index (κ1) is 18.0. The van der Waals surface area contributed by atoms with Gasteiger partial charge in [0.15, 0.2) is 5.70 Å². The molecule has 134 valence electrons. The maximum Gasteiger partial charge on any atom is 0.416 e. The van der Waals surface area contributed by atoms with E-state index in [1.807, 2.05) is 0 Å². The van der Waals surface area contributed by atoms with Crippen LogP contribution < -0.4 is 4.74 Å². The Morgan fingerprint density at radius 1 is 1.15 bits per heavy atom. The summed E-state index contributed by atoms with van der Waals surface area (Å²) in [4.78, 5) is 16.1. The van der Waals surface area contributed by atoms with E-state index in [1.165, 1.54) is 31.4 Å². The Hall–Kier alpha value is -2.80. The predicted octanol–water partition coefficient (Wildman–Crippen LogP) is 4.71. The number of cyclic esters (lactones) is 1. The summed E-state index contributed by atoms with van der Waals surface area (Å²) >= 11 is 5.95. The average Bonchev–Trinajstić information content (AvgIpc) is 2.95. The summed E-state index contributed by atoms with van der Waals surface area (Å²) in [6.45, 7) is 0. The highest BCUT2D eigenvalue weighted by Gasteiger charge is 2.30. The van der Waals surface area contributed by atoms with Crippen LogP contribution in [0.3, 0.4) is 0 Å². The van der Waals surface area contributed by atoms with Gasteiger partial charge in [-0.05, 0) is 42.0 Å². The number of halogens is 4. The molecule has 0 atom stereocenters. The van der Waals surface area contributed by atoms with Crippen LogP contribution in [0.5, 0.6) is 5.75 Å². The molecule has 0 aromatic heterocycles.